The zero-order valence-electron chi connectivity index (χ0n) is 14.5. The van der Waals surface area contributed by atoms with Gasteiger partial charge in [0.05, 0.1) is 18.9 Å². The van der Waals surface area contributed by atoms with Gasteiger partial charge in [0.25, 0.3) is 10.1 Å². The van der Waals surface area contributed by atoms with Crippen molar-refractivity contribution in [3.8, 4) is 0 Å². The number of carbonyl (C=O) groups excluding carboxylic acids is 1. The van der Waals surface area contributed by atoms with Gasteiger partial charge in [-0.25, -0.2) is 4.79 Å². The van der Waals surface area contributed by atoms with E-state index in [-0.39, 0.29) is 13.2 Å². The van der Waals surface area contributed by atoms with Crippen LogP contribution < -0.4 is 0 Å². The molecule has 0 fully saturated rings. The van der Waals surface area contributed by atoms with Crippen LogP contribution in [0.15, 0.2) is 54.6 Å². The Bertz CT molecular complexity index is 867. The number of amides is 1. The van der Waals surface area contributed by atoms with Crippen molar-refractivity contribution in [3.63, 3.8) is 0 Å². The van der Waals surface area contributed by atoms with Gasteiger partial charge in [-0.3, -0.25) is 9.08 Å². The van der Waals surface area contributed by atoms with Gasteiger partial charge < -0.3 is 4.74 Å². The minimum Gasteiger partial charge on any atom is -0.445 e. The fraction of sp³-hybridized carbons (Fsp3) is 0.316. The van der Waals surface area contributed by atoms with Gasteiger partial charge in [0.1, 0.15) is 6.61 Å². The standard InChI is InChI=1S/C19H21NO5S/c1-26(22,23)25-14-18-17-10-6-5-9-16(17)11-12-20(18)19(21)24-13-15-7-3-2-4-8-15/h2-10,18H,11-14H2,1H3/t18-/m0/s1. The van der Waals surface area contributed by atoms with Crippen LogP contribution in [0.2, 0.25) is 0 Å². The SMILES string of the molecule is CS(=O)(=O)OC[C@H]1c2ccccc2CCN1C(=O)OCc1ccccc1. The van der Waals surface area contributed by atoms with Crippen molar-refractivity contribution in [3.05, 3.63) is 71.3 Å². The van der Waals surface area contributed by atoms with Crippen molar-refractivity contribution in [1.29, 1.82) is 0 Å². The molecule has 6 nitrogen and oxygen atoms in total. The quantitative estimate of drug-likeness (QED) is 0.752. The average molecular weight is 375 g/mol. The average Bonchev–Trinajstić information content (AvgIpc) is 2.64. The maximum absolute atomic E-state index is 12.6. The van der Waals surface area contributed by atoms with E-state index in [0.717, 1.165) is 22.9 Å². The second-order valence-electron chi connectivity index (χ2n) is 6.19. The van der Waals surface area contributed by atoms with E-state index in [9.17, 15) is 13.2 Å². The molecule has 0 N–H and O–H groups in total. The number of hydrogen-bond acceptors (Lipinski definition) is 5. The van der Waals surface area contributed by atoms with E-state index in [1.807, 2.05) is 54.6 Å². The summed E-state index contributed by atoms with van der Waals surface area (Å²) in [4.78, 5) is 14.2. The van der Waals surface area contributed by atoms with E-state index in [2.05, 4.69) is 0 Å². The monoisotopic (exact) mass is 375 g/mol. The molecule has 1 aliphatic rings. The normalized spacial score (nSPS) is 16.8. The topological polar surface area (TPSA) is 72.9 Å². The Morgan fingerprint density at radius 1 is 1.12 bits per heavy atom. The first-order valence-corrected chi connectivity index (χ1v) is 10.2. The molecule has 0 spiro atoms. The second-order valence-corrected chi connectivity index (χ2v) is 7.83. The predicted octanol–water partition coefficient (Wildman–Crippen LogP) is 2.90. The summed E-state index contributed by atoms with van der Waals surface area (Å²) < 4.78 is 33.3. The number of fused-ring (bicyclic) bond motifs is 1. The van der Waals surface area contributed by atoms with Gasteiger partial charge in [0.15, 0.2) is 0 Å². The van der Waals surface area contributed by atoms with Crippen molar-refractivity contribution in [1.82, 2.24) is 4.90 Å². The number of hydrogen-bond donors (Lipinski definition) is 0. The van der Waals surface area contributed by atoms with E-state index in [0.29, 0.717) is 13.0 Å². The lowest BCUT2D eigenvalue weighted by atomic mass is 9.93. The summed E-state index contributed by atoms with van der Waals surface area (Å²) in [7, 11) is -3.61. The van der Waals surface area contributed by atoms with E-state index >= 15 is 0 Å². The maximum atomic E-state index is 12.6. The van der Waals surface area contributed by atoms with Crippen molar-refractivity contribution < 1.29 is 22.1 Å². The molecule has 0 bridgehead atoms. The van der Waals surface area contributed by atoms with Crippen LogP contribution in [0.25, 0.3) is 0 Å². The molecule has 0 saturated carbocycles. The molecule has 1 amide bonds. The Hall–Kier alpha value is -2.38. The van der Waals surface area contributed by atoms with E-state index in [1.54, 1.807) is 0 Å². The van der Waals surface area contributed by atoms with Crippen molar-refractivity contribution in [2.75, 3.05) is 19.4 Å². The number of ether oxygens (including phenoxy) is 1. The van der Waals surface area contributed by atoms with Crippen LogP contribution in [0, 0.1) is 0 Å². The van der Waals surface area contributed by atoms with Crippen LogP contribution in [-0.4, -0.2) is 38.8 Å². The molecule has 26 heavy (non-hydrogen) atoms. The lowest BCUT2D eigenvalue weighted by Crippen LogP contribution is -2.42. The number of benzene rings is 2. The second kappa shape index (κ2) is 7.88. The molecule has 1 atom stereocenters. The third kappa shape index (κ3) is 4.62. The minimum atomic E-state index is -3.61. The van der Waals surface area contributed by atoms with Gasteiger partial charge in [-0.15, -0.1) is 0 Å². The molecule has 1 aliphatic heterocycles. The fourth-order valence-electron chi connectivity index (χ4n) is 3.04. The summed E-state index contributed by atoms with van der Waals surface area (Å²) in [5.41, 5.74) is 2.86. The molecule has 1 heterocycles. The molecule has 0 saturated heterocycles. The highest BCUT2D eigenvalue weighted by molar-refractivity contribution is 7.85. The molecule has 0 unspecified atom stereocenters. The third-order valence-electron chi connectivity index (χ3n) is 4.29. The van der Waals surface area contributed by atoms with Crippen LogP contribution in [-0.2, 0) is 32.1 Å². The van der Waals surface area contributed by atoms with Crippen molar-refractivity contribution in [2.24, 2.45) is 0 Å². The fourth-order valence-corrected chi connectivity index (χ4v) is 3.42. The summed E-state index contributed by atoms with van der Waals surface area (Å²) in [6, 6.07) is 16.6. The van der Waals surface area contributed by atoms with Gasteiger partial charge >= 0.3 is 6.09 Å². The van der Waals surface area contributed by atoms with Gasteiger partial charge in [-0.2, -0.15) is 8.42 Å². The van der Waals surface area contributed by atoms with E-state index < -0.39 is 22.3 Å². The Morgan fingerprint density at radius 3 is 2.54 bits per heavy atom. The van der Waals surface area contributed by atoms with Crippen LogP contribution in [0.1, 0.15) is 22.7 Å². The molecule has 7 heteroatoms. The van der Waals surface area contributed by atoms with Crippen LogP contribution in [0.4, 0.5) is 4.79 Å². The van der Waals surface area contributed by atoms with Crippen molar-refractivity contribution >= 4 is 16.2 Å². The lowest BCUT2D eigenvalue weighted by molar-refractivity contribution is 0.0647. The Labute approximate surface area is 153 Å². The first-order chi connectivity index (χ1) is 12.4. The predicted molar refractivity (Wildman–Crippen MR) is 97.0 cm³/mol. The molecule has 0 aromatic heterocycles. The molecular weight excluding hydrogens is 354 g/mol. The highest BCUT2D eigenvalue weighted by atomic mass is 32.2. The maximum Gasteiger partial charge on any atom is 0.410 e. The van der Waals surface area contributed by atoms with Gasteiger partial charge in [-0.1, -0.05) is 54.6 Å². The molecule has 2 aromatic rings. The number of nitrogens with zero attached hydrogens (tertiary/aromatic N) is 1. The summed E-state index contributed by atoms with van der Waals surface area (Å²) in [6.45, 7) is 0.482. The van der Waals surface area contributed by atoms with Crippen LogP contribution >= 0.6 is 0 Å². The summed E-state index contributed by atoms with van der Waals surface area (Å²) >= 11 is 0. The van der Waals surface area contributed by atoms with Crippen molar-refractivity contribution in [2.45, 2.75) is 19.1 Å². The van der Waals surface area contributed by atoms with Gasteiger partial charge in [0, 0.05) is 6.54 Å². The first-order valence-electron chi connectivity index (χ1n) is 8.33. The molecular formula is C19H21NO5S. The Kier molecular flexibility index (Phi) is 5.58. The molecule has 2 aromatic carbocycles. The largest absolute Gasteiger partial charge is 0.445 e. The van der Waals surface area contributed by atoms with Crippen LogP contribution in [0.3, 0.4) is 0 Å². The highest BCUT2D eigenvalue weighted by Crippen LogP contribution is 2.31. The Morgan fingerprint density at radius 2 is 1.81 bits per heavy atom. The van der Waals surface area contributed by atoms with Gasteiger partial charge in [0.2, 0.25) is 0 Å². The highest BCUT2D eigenvalue weighted by Gasteiger charge is 2.32. The zero-order chi connectivity index (χ0) is 18.6. The zero-order valence-corrected chi connectivity index (χ0v) is 15.3. The molecule has 3 rings (SSSR count). The summed E-state index contributed by atoms with van der Waals surface area (Å²) in [5, 5.41) is 0. The van der Waals surface area contributed by atoms with E-state index in [4.69, 9.17) is 8.92 Å². The van der Waals surface area contributed by atoms with Gasteiger partial charge in [-0.05, 0) is 23.1 Å². The smallest absolute Gasteiger partial charge is 0.410 e. The Balaban J connectivity index is 1.76. The summed E-state index contributed by atoms with van der Waals surface area (Å²) in [5.74, 6) is 0. The summed E-state index contributed by atoms with van der Waals surface area (Å²) in [6.07, 6.45) is 1.21. The molecule has 0 radical (unpaired) electrons. The molecule has 138 valence electrons. The lowest BCUT2D eigenvalue weighted by Gasteiger charge is -2.36. The molecule has 0 aliphatic carbocycles. The number of rotatable bonds is 5. The minimum absolute atomic E-state index is 0.129. The number of carbonyl (C=O) groups is 1. The third-order valence-corrected chi connectivity index (χ3v) is 4.86. The first kappa shape index (κ1) is 18.4. The van der Waals surface area contributed by atoms with Crippen LogP contribution in [0.5, 0.6) is 0 Å². The van der Waals surface area contributed by atoms with E-state index in [1.165, 1.54) is 4.90 Å².